The lowest BCUT2D eigenvalue weighted by atomic mass is 9.88. The molecule has 7 atom stereocenters. The molecule has 3 aliphatic rings. The molecule has 0 amide bonds. The predicted molar refractivity (Wildman–Crippen MR) is 117 cm³/mol. The summed E-state index contributed by atoms with van der Waals surface area (Å²) in [4.78, 5) is 55.7. The van der Waals surface area contributed by atoms with E-state index in [2.05, 4.69) is 4.74 Å². The molecule has 0 aromatic heterocycles. The molecule has 0 radical (unpaired) electrons. The molecular weight excluding hydrogens is 448 g/mol. The quantitative estimate of drug-likeness (QED) is 0.264. The fraction of sp³-hybridized carbons (Fsp3) is 0.792. The van der Waals surface area contributed by atoms with Gasteiger partial charge in [0, 0.05) is 11.8 Å². The average Bonchev–Trinajstić information content (AvgIpc) is 3.44. The minimum atomic E-state index is -1.05. The van der Waals surface area contributed by atoms with Crippen LogP contribution in [0.15, 0.2) is 0 Å². The number of ether oxygens (including phenoxy) is 4. The molecule has 34 heavy (non-hydrogen) atoms. The monoisotopic (exact) mass is 484 g/mol. The second kappa shape index (κ2) is 12.7. The number of hydrogen-bond acceptors (Lipinski definition) is 9. The first-order chi connectivity index (χ1) is 16.1. The van der Waals surface area contributed by atoms with E-state index in [1.165, 1.54) is 0 Å². The smallest absolute Gasteiger partial charge is 0.309 e. The van der Waals surface area contributed by atoms with Crippen LogP contribution in [0.4, 0.5) is 0 Å². The molecule has 7 unspecified atom stereocenters. The zero-order valence-electron chi connectivity index (χ0n) is 20.3. The largest absolute Gasteiger partial charge is 0.481 e. The normalized spacial score (nSPS) is 27.6. The number of rotatable bonds is 11. The zero-order chi connectivity index (χ0) is 25.4. The molecule has 0 spiro atoms. The maximum absolute atomic E-state index is 11.8. The molecule has 1 aliphatic heterocycles. The van der Waals surface area contributed by atoms with Gasteiger partial charge in [0.2, 0.25) is 0 Å². The molecule has 0 aromatic carbocycles. The lowest BCUT2D eigenvalue weighted by Crippen LogP contribution is -2.37. The molecular formula is C24H36O10. The van der Waals surface area contributed by atoms with Crippen molar-refractivity contribution in [1.29, 1.82) is 0 Å². The van der Waals surface area contributed by atoms with Gasteiger partial charge in [-0.15, -0.1) is 0 Å². The van der Waals surface area contributed by atoms with Crippen LogP contribution in [0.3, 0.4) is 0 Å². The van der Waals surface area contributed by atoms with Crippen molar-refractivity contribution in [1.82, 2.24) is 0 Å². The summed E-state index contributed by atoms with van der Waals surface area (Å²) in [5, 5.41) is 8.32. The van der Waals surface area contributed by atoms with E-state index in [1.54, 1.807) is 6.92 Å². The number of hydrogen-bond donors (Lipinski definition) is 1. The Morgan fingerprint density at radius 2 is 1.59 bits per heavy atom. The number of esters is 4. The third-order valence-corrected chi connectivity index (χ3v) is 6.83. The van der Waals surface area contributed by atoms with Gasteiger partial charge in [-0.25, -0.2) is 0 Å². The van der Waals surface area contributed by atoms with Crippen LogP contribution in [0.5, 0.6) is 0 Å². The van der Waals surface area contributed by atoms with Crippen molar-refractivity contribution in [3.05, 3.63) is 0 Å². The molecule has 192 valence electrons. The second-order valence-electron chi connectivity index (χ2n) is 9.21. The lowest BCUT2D eigenvalue weighted by Gasteiger charge is -2.26. The van der Waals surface area contributed by atoms with Crippen LogP contribution in [-0.2, 0) is 42.9 Å². The molecule has 3 fully saturated rings. The number of carboxylic acids is 1. The van der Waals surface area contributed by atoms with Crippen molar-refractivity contribution < 1.29 is 48.0 Å². The maximum atomic E-state index is 11.8. The first-order valence-electron chi connectivity index (χ1n) is 12.0. The van der Waals surface area contributed by atoms with Crippen molar-refractivity contribution >= 4 is 29.8 Å². The van der Waals surface area contributed by atoms with Crippen molar-refractivity contribution in [2.45, 2.75) is 78.4 Å². The van der Waals surface area contributed by atoms with Crippen LogP contribution < -0.4 is 0 Å². The summed E-state index contributed by atoms with van der Waals surface area (Å²) >= 11 is 0. The van der Waals surface area contributed by atoms with E-state index in [0.29, 0.717) is 18.3 Å². The summed E-state index contributed by atoms with van der Waals surface area (Å²) in [5.74, 6) is -1.71. The minimum absolute atomic E-state index is 0.00197. The van der Waals surface area contributed by atoms with E-state index >= 15 is 0 Å². The van der Waals surface area contributed by atoms with Crippen LogP contribution in [0, 0.1) is 29.6 Å². The highest BCUT2D eigenvalue weighted by molar-refractivity contribution is 5.78. The Morgan fingerprint density at radius 1 is 0.971 bits per heavy atom. The van der Waals surface area contributed by atoms with Crippen molar-refractivity contribution in [3.63, 3.8) is 0 Å². The molecule has 10 heteroatoms. The molecule has 0 aromatic rings. The summed E-state index contributed by atoms with van der Waals surface area (Å²) in [6.45, 7) is 7.43. The van der Waals surface area contributed by atoms with Gasteiger partial charge >= 0.3 is 29.8 Å². The second-order valence-corrected chi connectivity index (χ2v) is 9.21. The Balaban J connectivity index is 0.000000240. The number of fused-ring (bicyclic) bond motifs is 1. The first-order valence-corrected chi connectivity index (χ1v) is 12.0. The Labute approximate surface area is 199 Å². The SMILES string of the molecule is CCC(C)C(=O)OC1C2CC3C(=O)OC1C3C2.CCC(C)C(=O)OCCOC(=O)CCC(=O)O. The topological polar surface area (TPSA) is 142 Å². The van der Waals surface area contributed by atoms with Gasteiger partial charge in [-0.2, -0.15) is 0 Å². The summed E-state index contributed by atoms with van der Waals surface area (Å²) in [6, 6.07) is 0. The molecule has 2 aliphatic carbocycles. The van der Waals surface area contributed by atoms with Crippen LogP contribution in [0.2, 0.25) is 0 Å². The number of aliphatic carboxylic acids is 1. The van der Waals surface area contributed by atoms with Gasteiger partial charge in [0.25, 0.3) is 0 Å². The molecule has 1 heterocycles. The van der Waals surface area contributed by atoms with Gasteiger partial charge in [0.05, 0.1) is 30.6 Å². The Bertz CT molecular complexity index is 763. The van der Waals surface area contributed by atoms with Crippen LogP contribution in [0.25, 0.3) is 0 Å². The van der Waals surface area contributed by atoms with E-state index < -0.39 is 11.9 Å². The fourth-order valence-electron chi connectivity index (χ4n) is 4.37. The van der Waals surface area contributed by atoms with Gasteiger partial charge in [-0.05, 0) is 25.7 Å². The molecule has 1 N–H and O–H groups in total. The third kappa shape index (κ3) is 7.17. The molecule has 2 bridgehead atoms. The highest BCUT2D eigenvalue weighted by Crippen LogP contribution is 2.55. The number of carbonyl (C=O) groups is 5. The third-order valence-electron chi connectivity index (χ3n) is 6.83. The van der Waals surface area contributed by atoms with Gasteiger partial charge < -0.3 is 24.1 Å². The maximum Gasteiger partial charge on any atom is 0.309 e. The highest BCUT2D eigenvalue weighted by atomic mass is 16.6. The van der Waals surface area contributed by atoms with Gasteiger partial charge in [0.15, 0.2) is 0 Å². The molecule has 3 rings (SSSR count). The minimum Gasteiger partial charge on any atom is -0.481 e. The molecule has 10 nitrogen and oxygen atoms in total. The van der Waals surface area contributed by atoms with Crippen LogP contribution in [0.1, 0.15) is 66.2 Å². The van der Waals surface area contributed by atoms with Crippen molar-refractivity contribution in [2.75, 3.05) is 13.2 Å². The van der Waals surface area contributed by atoms with Crippen molar-refractivity contribution in [3.8, 4) is 0 Å². The summed E-state index contributed by atoms with van der Waals surface area (Å²) in [5.41, 5.74) is 0. The summed E-state index contributed by atoms with van der Waals surface area (Å²) < 4.78 is 20.4. The first kappa shape index (κ1) is 27.6. The van der Waals surface area contributed by atoms with E-state index in [9.17, 15) is 24.0 Å². The number of carboxylic acid groups (broad SMARTS) is 1. The lowest BCUT2D eigenvalue weighted by molar-refractivity contribution is -0.165. The van der Waals surface area contributed by atoms with Crippen LogP contribution in [-0.4, -0.2) is 60.4 Å². The van der Waals surface area contributed by atoms with E-state index in [-0.39, 0.29) is 73.9 Å². The van der Waals surface area contributed by atoms with Gasteiger partial charge in [-0.1, -0.05) is 27.7 Å². The number of carbonyl (C=O) groups excluding carboxylic acids is 4. The van der Waals surface area contributed by atoms with Gasteiger partial charge in [-0.3, -0.25) is 24.0 Å². The predicted octanol–water partition coefficient (Wildman–Crippen LogP) is 2.51. The highest BCUT2D eigenvalue weighted by Gasteiger charge is 2.63. The Hall–Kier alpha value is -2.65. The molecule has 1 saturated heterocycles. The summed E-state index contributed by atoms with van der Waals surface area (Å²) in [7, 11) is 0. The van der Waals surface area contributed by atoms with E-state index in [1.807, 2.05) is 20.8 Å². The fourth-order valence-corrected chi connectivity index (χ4v) is 4.37. The van der Waals surface area contributed by atoms with E-state index in [0.717, 1.165) is 19.3 Å². The molecule has 2 saturated carbocycles. The van der Waals surface area contributed by atoms with Crippen LogP contribution >= 0.6 is 0 Å². The van der Waals surface area contributed by atoms with Gasteiger partial charge in [0.1, 0.15) is 25.4 Å². The summed E-state index contributed by atoms with van der Waals surface area (Å²) in [6.07, 6.45) is 2.55. The zero-order valence-corrected chi connectivity index (χ0v) is 20.3. The van der Waals surface area contributed by atoms with Crippen molar-refractivity contribution in [2.24, 2.45) is 29.6 Å². The Morgan fingerprint density at radius 3 is 2.21 bits per heavy atom. The average molecular weight is 485 g/mol. The Kier molecular flexibility index (Phi) is 10.3. The standard InChI is InChI=1S/C13H18O4.C11H18O6/c1-3-6(2)12(14)16-10-7-4-8-9(5-7)13(15)17-11(8)10;1-3-8(2)11(15)17-7-6-16-10(14)5-4-9(12)13/h6-11H,3-5H2,1-2H3;8H,3-7H2,1-2H3,(H,12,13). The van der Waals surface area contributed by atoms with E-state index in [4.69, 9.17) is 19.3 Å².